The van der Waals surface area contributed by atoms with Crippen LogP contribution in [0.2, 0.25) is 5.02 Å². The van der Waals surface area contributed by atoms with Crippen LogP contribution in [0.1, 0.15) is 36.5 Å². The van der Waals surface area contributed by atoms with E-state index in [9.17, 15) is 9.59 Å². The Labute approximate surface area is 152 Å². The minimum absolute atomic E-state index is 0.183. The molecule has 0 spiro atoms. The summed E-state index contributed by atoms with van der Waals surface area (Å²) in [4.78, 5) is 26.5. The first kappa shape index (κ1) is 18.0. The summed E-state index contributed by atoms with van der Waals surface area (Å²) in [6, 6.07) is 3.32. The first-order valence-electron chi connectivity index (χ1n) is 8.66. The van der Waals surface area contributed by atoms with Crippen molar-refractivity contribution in [3.8, 4) is 5.75 Å². The number of carbonyl (C=O) groups is 2. The van der Waals surface area contributed by atoms with Gasteiger partial charge in [0.2, 0.25) is 5.91 Å². The van der Waals surface area contributed by atoms with Gasteiger partial charge in [0.25, 0.3) is 5.91 Å². The Morgan fingerprint density at radius 1 is 1.28 bits per heavy atom. The van der Waals surface area contributed by atoms with Crippen LogP contribution >= 0.6 is 11.6 Å². The zero-order valence-corrected chi connectivity index (χ0v) is 15.4. The van der Waals surface area contributed by atoms with E-state index in [1.165, 1.54) is 27.0 Å². The fraction of sp³-hybridized carbons (Fsp3) is 0.556. The molecule has 2 aliphatic heterocycles. The first-order chi connectivity index (χ1) is 12.0. The van der Waals surface area contributed by atoms with Gasteiger partial charge in [-0.1, -0.05) is 11.6 Å². The topological polar surface area (TPSA) is 70.7 Å². The van der Waals surface area contributed by atoms with Gasteiger partial charge in [0, 0.05) is 32.1 Å². The number of piperidine rings is 2. The van der Waals surface area contributed by atoms with Crippen LogP contribution in [0, 0.1) is 5.92 Å². The summed E-state index contributed by atoms with van der Waals surface area (Å²) in [6.45, 7) is 4.66. The Morgan fingerprint density at radius 2 is 2.08 bits per heavy atom. The molecular formula is C18H24ClN3O3. The number of methoxy groups -OCH3 is 1. The highest BCUT2D eigenvalue weighted by molar-refractivity contribution is 6.34. The molecular weight excluding hydrogens is 342 g/mol. The monoisotopic (exact) mass is 365 g/mol. The molecule has 1 aromatic carbocycles. The number of ether oxygens (including phenoxy) is 1. The molecule has 1 aromatic rings. The molecule has 2 bridgehead atoms. The number of nitrogens with one attached hydrogen (secondary N) is 2. The summed E-state index contributed by atoms with van der Waals surface area (Å²) < 4.78 is 5.34. The average Bonchev–Trinajstić information content (AvgIpc) is 2.58. The van der Waals surface area contributed by atoms with Gasteiger partial charge in [0.1, 0.15) is 5.75 Å². The number of nitrogens with zero attached hydrogens (tertiary/aromatic N) is 1. The number of carbonyl (C=O) groups excluding carboxylic acids is 2. The van der Waals surface area contributed by atoms with Gasteiger partial charge in [-0.2, -0.15) is 0 Å². The van der Waals surface area contributed by atoms with Gasteiger partial charge in [-0.15, -0.1) is 0 Å². The lowest BCUT2D eigenvalue weighted by Gasteiger charge is -2.42. The van der Waals surface area contributed by atoms with Crippen molar-refractivity contribution >= 4 is 29.1 Å². The lowest BCUT2D eigenvalue weighted by Crippen LogP contribution is -2.53. The summed E-state index contributed by atoms with van der Waals surface area (Å²) in [5.74, 6) is 0.487. The number of halogens is 1. The highest BCUT2D eigenvalue weighted by Gasteiger charge is 2.33. The summed E-state index contributed by atoms with van der Waals surface area (Å²) in [7, 11) is 1.50. The molecule has 0 saturated carbocycles. The Hall–Kier alpha value is -1.79. The van der Waals surface area contributed by atoms with E-state index in [-0.39, 0.29) is 17.9 Å². The molecule has 3 atom stereocenters. The van der Waals surface area contributed by atoms with Crippen molar-refractivity contribution in [1.82, 2.24) is 10.2 Å². The number of hydrogen-bond donors (Lipinski definition) is 2. The summed E-state index contributed by atoms with van der Waals surface area (Å²) in [5.41, 5.74) is 0.822. The number of anilines is 1. The molecule has 2 fully saturated rings. The van der Waals surface area contributed by atoms with E-state index in [4.69, 9.17) is 16.3 Å². The van der Waals surface area contributed by atoms with E-state index in [0.717, 1.165) is 25.9 Å². The summed E-state index contributed by atoms with van der Waals surface area (Å²) in [6.07, 6.45) is 3.31. The Kier molecular flexibility index (Phi) is 5.49. The second kappa shape index (κ2) is 7.62. The quantitative estimate of drug-likeness (QED) is 0.860. The fourth-order valence-corrected chi connectivity index (χ4v) is 4.01. The third-order valence-corrected chi connectivity index (χ3v) is 5.34. The second-order valence-corrected chi connectivity index (χ2v) is 7.19. The van der Waals surface area contributed by atoms with E-state index in [1.54, 1.807) is 12.1 Å². The third kappa shape index (κ3) is 4.07. The zero-order valence-electron chi connectivity index (χ0n) is 14.6. The molecule has 2 saturated heterocycles. The normalized spacial score (nSPS) is 25.2. The van der Waals surface area contributed by atoms with Gasteiger partial charge in [-0.25, -0.2) is 0 Å². The lowest BCUT2D eigenvalue weighted by molar-refractivity contribution is -0.114. The second-order valence-electron chi connectivity index (χ2n) is 6.79. The minimum Gasteiger partial charge on any atom is -0.496 e. The number of fused-ring (bicyclic) bond motifs is 2. The molecule has 2 amide bonds. The molecule has 3 unspecified atom stereocenters. The maximum Gasteiger partial charge on any atom is 0.255 e. The van der Waals surface area contributed by atoms with Gasteiger partial charge >= 0.3 is 0 Å². The SMILES string of the molecule is COc1cc(NC(C)=O)c(Cl)cc1C(=O)NC1CCN2CCCC1C2. The smallest absolute Gasteiger partial charge is 0.255 e. The van der Waals surface area contributed by atoms with Crippen molar-refractivity contribution < 1.29 is 14.3 Å². The Balaban J connectivity index is 1.77. The van der Waals surface area contributed by atoms with Crippen LogP contribution < -0.4 is 15.4 Å². The van der Waals surface area contributed by atoms with Crippen molar-refractivity contribution in [1.29, 1.82) is 0 Å². The molecule has 2 aliphatic rings. The third-order valence-electron chi connectivity index (χ3n) is 5.03. The molecule has 136 valence electrons. The number of rotatable bonds is 4. The Bertz CT molecular complexity index is 680. The average molecular weight is 366 g/mol. The van der Waals surface area contributed by atoms with Crippen molar-refractivity contribution in [2.75, 3.05) is 32.1 Å². The number of benzene rings is 1. The van der Waals surface area contributed by atoms with Gasteiger partial charge in [-0.3, -0.25) is 9.59 Å². The first-order valence-corrected chi connectivity index (χ1v) is 9.04. The maximum atomic E-state index is 12.8. The van der Waals surface area contributed by atoms with E-state index >= 15 is 0 Å². The van der Waals surface area contributed by atoms with E-state index in [2.05, 4.69) is 15.5 Å². The predicted octanol–water partition coefficient (Wildman–Crippen LogP) is 2.52. The Morgan fingerprint density at radius 3 is 2.80 bits per heavy atom. The molecule has 6 nitrogen and oxygen atoms in total. The van der Waals surface area contributed by atoms with Crippen LogP contribution in [0.15, 0.2) is 12.1 Å². The fourth-order valence-electron chi connectivity index (χ4n) is 3.80. The summed E-state index contributed by atoms with van der Waals surface area (Å²) in [5, 5.41) is 6.11. The summed E-state index contributed by atoms with van der Waals surface area (Å²) >= 11 is 6.22. The molecule has 2 N–H and O–H groups in total. The highest BCUT2D eigenvalue weighted by Crippen LogP contribution is 2.32. The molecule has 0 aromatic heterocycles. The van der Waals surface area contributed by atoms with Crippen molar-refractivity contribution in [2.24, 2.45) is 5.92 Å². The predicted molar refractivity (Wildman–Crippen MR) is 97.3 cm³/mol. The van der Waals surface area contributed by atoms with E-state index < -0.39 is 0 Å². The zero-order chi connectivity index (χ0) is 18.0. The van der Waals surface area contributed by atoms with E-state index in [1.807, 2.05) is 0 Å². The minimum atomic E-state index is -0.231. The van der Waals surface area contributed by atoms with Crippen molar-refractivity contribution in [3.63, 3.8) is 0 Å². The van der Waals surface area contributed by atoms with Crippen LogP contribution in [0.5, 0.6) is 5.75 Å². The molecule has 0 aliphatic carbocycles. The molecule has 25 heavy (non-hydrogen) atoms. The number of amides is 2. The van der Waals surface area contributed by atoms with Crippen molar-refractivity contribution in [3.05, 3.63) is 22.7 Å². The van der Waals surface area contributed by atoms with Crippen LogP contribution in [-0.4, -0.2) is 49.5 Å². The van der Waals surface area contributed by atoms with Gasteiger partial charge in [0.15, 0.2) is 0 Å². The standard InChI is InChI=1S/C18H24ClN3O3/c1-11(23)20-16-9-17(25-2)13(8-14(16)19)18(24)21-15-5-7-22-6-3-4-12(15)10-22/h8-9,12,15H,3-7,10H2,1-2H3,(H,20,23)(H,21,24). The van der Waals surface area contributed by atoms with Crippen molar-refractivity contribution in [2.45, 2.75) is 32.2 Å². The van der Waals surface area contributed by atoms with Gasteiger partial charge < -0.3 is 20.3 Å². The molecule has 2 heterocycles. The van der Waals surface area contributed by atoms with Gasteiger partial charge in [-0.05, 0) is 37.8 Å². The van der Waals surface area contributed by atoms with Crippen LogP contribution in [0.25, 0.3) is 0 Å². The highest BCUT2D eigenvalue weighted by atomic mass is 35.5. The van der Waals surface area contributed by atoms with Crippen LogP contribution in [0.4, 0.5) is 5.69 Å². The van der Waals surface area contributed by atoms with Crippen LogP contribution in [-0.2, 0) is 4.79 Å². The lowest BCUT2D eigenvalue weighted by atomic mass is 9.85. The molecule has 0 radical (unpaired) electrons. The van der Waals surface area contributed by atoms with E-state index in [0.29, 0.717) is 27.9 Å². The molecule has 3 rings (SSSR count). The van der Waals surface area contributed by atoms with Crippen LogP contribution in [0.3, 0.4) is 0 Å². The maximum absolute atomic E-state index is 12.8. The molecule has 7 heteroatoms. The number of hydrogen-bond acceptors (Lipinski definition) is 4. The largest absolute Gasteiger partial charge is 0.496 e. The van der Waals surface area contributed by atoms with Gasteiger partial charge in [0.05, 0.1) is 23.4 Å².